The van der Waals surface area contributed by atoms with Crippen molar-refractivity contribution in [3.63, 3.8) is 0 Å². The van der Waals surface area contributed by atoms with Crippen molar-refractivity contribution in [1.82, 2.24) is 10.2 Å². The van der Waals surface area contributed by atoms with Crippen LogP contribution in [-0.4, -0.2) is 48.2 Å². The van der Waals surface area contributed by atoms with Crippen LogP contribution in [0.2, 0.25) is 5.02 Å². The van der Waals surface area contributed by atoms with E-state index in [-0.39, 0.29) is 31.6 Å². The van der Waals surface area contributed by atoms with Crippen molar-refractivity contribution in [2.45, 2.75) is 25.4 Å². The Balaban J connectivity index is 1.73. The second-order valence-electron chi connectivity index (χ2n) is 6.83. The predicted molar refractivity (Wildman–Crippen MR) is 111 cm³/mol. The number of amides is 3. The van der Waals surface area contributed by atoms with Crippen LogP contribution in [0.3, 0.4) is 0 Å². The minimum atomic E-state index is -0.402. The van der Waals surface area contributed by atoms with Gasteiger partial charge in [-0.15, -0.1) is 0 Å². The molecule has 0 heterocycles. The van der Waals surface area contributed by atoms with Crippen molar-refractivity contribution < 1.29 is 19.4 Å². The summed E-state index contributed by atoms with van der Waals surface area (Å²) < 4.78 is 5.33. The average molecular weight is 418 g/mol. The van der Waals surface area contributed by atoms with Crippen molar-refractivity contribution in [1.29, 1.82) is 0 Å². The highest BCUT2D eigenvalue weighted by molar-refractivity contribution is 6.34. The number of para-hydroxylation sites is 1. The van der Waals surface area contributed by atoms with Gasteiger partial charge in [-0.3, -0.25) is 4.79 Å². The second-order valence-corrected chi connectivity index (χ2v) is 7.24. The molecule has 3 amide bonds. The maximum Gasteiger partial charge on any atom is 0.322 e. The first-order valence-corrected chi connectivity index (χ1v) is 9.78. The summed E-state index contributed by atoms with van der Waals surface area (Å²) >= 11 is 6.15. The van der Waals surface area contributed by atoms with Crippen LogP contribution in [0.4, 0.5) is 10.5 Å². The molecule has 3 N–H and O–H groups in total. The number of nitrogens with one attached hydrogen (secondary N) is 2. The quantitative estimate of drug-likeness (QED) is 0.614. The first kappa shape index (κ1) is 21.0. The predicted octanol–water partition coefficient (Wildman–Crippen LogP) is 3.27. The number of urea groups is 1. The fraction of sp³-hybridized carbons (Fsp3) is 0.333. The lowest BCUT2D eigenvalue weighted by Gasteiger charge is -2.23. The van der Waals surface area contributed by atoms with Gasteiger partial charge in [-0.25, -0.2) is 4.79 Å². The number of hydrogen-bond acceptors (Lipinski definition) is 4. The van der Waals surface area contributed by atoms with Crippen LogP contribution in [-0.2, 0) is 6.54 Å². The Morgan fingerprint density at radius 1 is 1.24 bits per heavy atom. The summed E-state index contributed by atoms with van der Waals surface area (Å²) in [6, 6.07) is 12.0. The number of carbonyl (C=O) groups excluding carboxylic acids is 2. The number of nitrogens with zero attached hydrogens (tertiary/aromatic N) is 1. The maximum absolute atomic E-state index is 12.8. The van der Waals surface area contributed by atoms with Gasteiger partial charge in [0.15, 0.2) is 0 Å². The molecule has 7 nitrogen and oxygen atoms in total. The van der Waals surface area contributed by atoms with Crippen LogP contribution in [0.5, 0.6) is 5.75 Å². The van der Waals surface area contributed by atoms with Gasteiger partial charge in [-0.1, -0.05) is 29.8 Å². The molecule has 8 heteroatoms. The number of carbonyl (C=O) groups is 2. The number of anilines is 1. The molecule has 1 fully saturated rings. The number of aliphatic hydroxyl groups is 1. The van der Waals surface area contributed by atoms with Gasteiger partial charge in [0.2, 0.25) is 0 Å². The summed E-state index contributed by atoms with van der Waals surface area (Å²) in [5.41, 5.74) is 1.58. The maximum atomic E-state index is 12.8. The van der Waals surface area contributed by atoms with Gasteiger partial charge < -0.3 is 25.4 Å². The van der Waals surface area contributed by atoms with Gasteiger partial charge >= 0.3 is 6.03 Å². The van der Waals surface area contributed by atoms with Gasteiger partial charge in [-0.05, 0) is 37.1 Å². The molecule has 154 valence electrons. The molecule has 1 aliphatic rings. The van der Waals surface area contributed by atoms with Gasteiger partial charge in [-0.2, -0.15) is 0 Å². The molecule has 0 radical (unpaired) electrons. The van der Waals surface area contributed by atoms with Crippen LogP contribution in [0, 0.1) is 0 Å². The van der Waals surface area contributed by atoms with E-state index in [9.17, 15) is 14.7 Å². The van der Waals surface area contributed by atoms with E-state index in [4.69, 9.17) is 16.3 Å². The third-order valence-electron chi connectivity index (χ3n) is 4.59. The fourth-order valence-corrected chi connectivity index (χ4v) is 3.09. The van der Waals surface area contributed by atoms with Crippen LogP contribution >= 0.6 is 11.6 Å². The lowest BCUT2D eigenvalue weighted by molar-refractivity contribution is 0.0951. The Labute approximate surface area is 174 Å². The summed E-state index contributed by atoms with van der Waals surface area (Å²) in [5, 5.41) is 15.4. The zero-order chi connectivity index (χ0) is 20.8. The van der Waals surface area contributed by atoms with Crippen molar-refractivity contribution >= 4 is 29.2 Å². The number of ether oxygens (including phenoxy) is 1. The minimum Gasteiger partial charge on any atom is -0.496 e. The van der Waals surface area contributed by atoms with Gasteiger partial charge in [0, 0.05) is 23.8 Å². The second kappa shape index (κ2) is 9.62. The summed E-state index contributed by atoms with van der Waals surface area (Å²) in [6.45, 7) is 0.226. The Morgan fingerprint density at radius 2 is 2.00 bits per heavy atom. The SMILES string of the molecule is COc1ccccc1CN(CCO)C(=O)Nc1ccc(Cl)c(C(=O)NC2CC2)c1. The van der Waals surface area contributed by atoms with E-state index in [2.05, 4.69) is 10.6 Å². The summed E-state index contributed by atoms with van der Waals surface area (Å²) in [7, 11) is 1.57. The topological polar surface area (TPSA) is 90.9 Å². The van der Waals surface area contributed by atoms with Crippen molar-refractivity contribution in [3.8, 4) is 5.75 Å². The molecule has 0 bridgehead atoms. The lowest BCUT2D eigenvalue weighted by atomic mass is 10.1. The van der Waals surface area contributed by atoms with E-state index in [1.54, 1.807) is 25.3 Å². The molecule has 0 aliphatic heterocycles. The highest BCUT2D eigenvalue weighted by Crippen LogP contribution is 2.24. The highest BCUT2D eigenvalue weighted by Gasteiger charge is 2.25. The Bertz CT molecular complexity index is 886. The number of aliphatic hydroxyl groups excluding tert-OH is 1. The van der Waals surface area contributed by atoms with Crippen LogP contribution in [0.25, 0.3) is 0 Å². The fourth-order valence-electron chi connectivity index (χ4n) is 2.88. The number of benzene rings is 2. The summed E-state index contributed by atoms with van der Waals surface area (Å²) in [4.78, 5) is 26.6. The first-order valence-electron chi connectivity index (χ1n) is 9.41. The third kappa shape index (κ3) is 5.62. The Hall–Kier alpha value is -2.77. The number of rotatable bonds is 8. The number of methoxy groups -OCH3 is 1. The largest absolute Gasteiger partial charge is 0.496 e. The molecule has 2 aromatic rings. The molecule has 0 unspecified atom stereocenters. The zero-order valence-corrected chi connectivity index (χ0v) is 16.9. The molecule has 0 spiro atoms. The average Bonchev–Trinajstić information content (AvgIpc) is 3.53. The summed E-state index contributed by atoms with van der Waals surface area (Å²) in [6.07, 6.45) is 1.94. The molecule has 2 aromatic carbocycles. The molecule has 1 aliphatic carbocycles. The van der Waals surface area contributed by atoms with Gasteiger partial charge in [0.25, 0.3) is 5.91 Å². The Kier molecular flexibility index (Phi) is 6.95. The molecule has 0 aromatic heterocycles. The molecule has 1 saturated carbocycles. The molecule has 29 heavy (non-hydrogen) atoms. The molecule has 3 rings (SSSR count). The van der Waals surface area contributed by atoms with Crippen LogP contribution in [0.15, 0.2) is 42.5 Å². The van der Waals surface area contributed by atoms with E-state index < -0.39 is 6.03 Å². The van der Waals surface area contributed by atoms with E-state index in [1.165, 1.54) is 4.90 Å². The number of halogens is 1. The smallest absolute Gasteiger partial charge is 0.322 e. The van der Waals surface area contributed by atoms with E-state index in [0.29, 0.717) is 22.0 Å². The normalized spacial score (nSPS) is 12.9. The van der Waals surface area contributed by atoms with Crippen molar-refractivity contribution in [2.24, 2.45) is 0 Å². The van der Waals surface area contributed by atoms with Crippen LogP contribution in [0.1, 0.15) is 28.8 Å². The minimum absolute atomic E-state index is 0.145. The summed E-state index contributed by atoms with van der Waals surface area (Å²) in [5.74, 6) is 0.406. The van der Waals surface area contributed by atoms with E-state index in [1.807, 2.05) is 24.3 Å². The molecular weight excluding hydrogens is 394 g/mol. The van der Waals surface area contributed by atoms with Gasteiger partial charge in [0.1, 0.15) is 5.75 Å². The Morgan fingerprint density at radius 3 is 2.69 bits per heavy atom. The highest BCUT2D eigenvalue weighted by atomic mass is 35.5. The van der Waals surface area contributed by atoms with Crippen LogP contribution < -0.4 is 15.4 Å². The zero-order valence-electron chi connectivity index (χ0n) is 16.2. The lowest BCUT2D eigenvalue weighted by Crippen LogP contribution is -2.36. The standard InChI is InChI=1S/C21H24ClN3O4/c1-29-19-5-3-2-4-14(19)13-25(10-11-26)21(28)24-16-8-9-18(22)17(12-16)20(27)23-15-6-7-15/h2-5,8-9,12,15,26H,6-7,10-11,13H2,1H3,(H,23,27)(H,24,28). The van der Waals surface area contributed by atoms with E-state index >= 15 is 0 Å². The molecular formula is C21H24ClN3O4. The van der Waals surface area contributed by atoms with Gasteiger partial charge in [0.05, 0.1) is 30.8 Å². The molecule has 0 saturated heterocycles. The van der Waals surface area contributed by atoms with Crippen molar-refractivity contribution in [3.05, 3.63) is 58.6 Å². The molecule has 0 atom stereocenters. The van der Waals surface area contributed by atoms with Crippen molar-refractivity contribution in [2.75, 3.05) is 25.6 Å². The third-order valence-corrected chi connectivity index (χ3v) is 4.92. The first-order chi connectivity index (χ1) is 14.0. The van der Waals surface area contributed by atoms with E-state index in [0.717, 1.165) is 18.4 Å². The number of hydrogen-bond donors (Lipinski definition) is 3. The monoisotopic (exact) mass is 417 g/mol.